The SMILES string of the molecule is CCCCCCCCCCCCCCCC(=O)O[C@H](COC(=O)CCCCCCCCCCCCCCC(=O)CCC)COP(=O)(O)OC1C(O)[C@@H](OP(=O)(O)O)C(O)[C@@H](OP(=O)(O)O)[C@H]1O. The monoisotopic (exact) mass is 1030 g/mol. The van der Waals surface area contributed by atoms with Gasteiger partial charge in [-0.2, -0.15) is 0 Å². The number of carbonyl (C=O) groups excluding carboxylic acids is 3. The molecule has 0 amide bonds. The third-order valence-corrected chi connectivity index (χ3v) is 13.6. The average molecular weight is 1030 g/mol. The van der Waals surface area contributed by atoms with E-state index in [2.05, 4.69) is 16.0 Å². The Bertz CT molecular complexity index is 1440. The minimum absolute atomic E-state index is 0.0113. The molecule has 0 spiro atoms. The molecule has 0 bridgehead atoms. The molecular weight excluding hydrogens is 941 g/mol. The van der Waals surface area contributed by atoms with Gasteiger partial charge in [0.1, 0.15) is 49.0 Å². The number of aliphatic hydroxyl groups excluding tert-OH is 3. The Morgan fingerprint density at radius 2 is 0.776 bits per heavy atom. The molecule has 1 aliphatic carbocycles. The minimum atomic E-state index is -5.55. The van der Waals surface area contributed by atoms with Crippen molar-refractivity contribution in [1.82, 2.24) is 0 Å². The van der Waals surface area contributed by atoms with E-state index in [1.807, 2.05) is 6.92 Å². The second-order valence-corrected chi connectivity index (χ2v) is 21.5. The Balaban J connectivity index is 2.70. The molecule has 0 saturated heterocycles. The number of esters is 2. The van der Waals surface area contributed by atoms with E-state index in [0.717, 1.165) is 96.3 Å². The minimum Gasteiger partial charge on any atom is -0.462 e. The van der Waals surface area contributed by atoms with Gasteiger partial charge in [0.15, 0.2) is 6.10 Å². The number of unbranched alkanes of at least 4 members (excludes halogenated alkanes) is 23. The first-order valence-corrected chi connectivity index (χ1v) is 29.3. The van der Waals surface area contributed by atoms with E-state index in [1.165, 1.54) is 57.8 Å². The predicted octanol–water partition coefficient (Wildman–Crippen LogP) is 8.31. The summed E-state index contributed by atoms with van der Waals surface area (Å²) in [7, 11) is -16.6. The van der Waals surface area contributed by atoms with E-state index in [0.29, 0.717) is 31.5 Å². The number of phosphoric ester groups is 3. The lowest BCUT2D eigenvalue weighted by Gasteiger charge is -2.44. The number of hydrogen-bond donors (Lipinski definition) is 8. The second-order valence-electron chi connectivity index (χ2n) is 17.7. The third kappa shape index (κ3) is 33.2. The Morgan fingerprint density at radius 1 is 0.433 bits per heavy atom. The predicted molar refractivity (Wildman–Crippen MR) is 248 cm³/mol. The molecule has 0 radical (unpaired) electrons. The van der Waals surface area contributed by atoms with E-state index < -0.39 is 91.3 Å². The summed E-state index contributed by atoms with van der Waals surface area (Å²) in [5.74, 6) is -0.967. The molecule has 1 saturated carbocycles. The average Bonchev–Trinajstić information content (AvgIpc) is 3.24. The van der Waals surface area contributed by atoms with Crippen molar-refractivity contribution >= 4 is 41.2 Å². The van der Waals surface area contributed by atoms with Crippen LogP contribution in [0.4, 0.5) is 0 Å². The van der Waals surface area contributed by atoms with Gasteiger partial charge in [-0.3, -0.25) is 32.5 Å². The van der Waals surface area contributed by atoms with E-state index in [1.54, 1.807) is 0 Å². The van der Waals surface area contributed by atoms with Crippen molar-refractivity contribution < 1.29 is 95.4 Å². The zero-order valence-electron chi connectivity index (χ0n) is 40.0. The summed E-state index contributed by atoms with van der Waals surface area (Å²) >= 11 is 0. The van der Waals surface area contributed by atoms with Gasteiger partial charge in [0.05, 0.1) is 6.61 Å². The Morgan fingerprint density at radius 3 is 1.15 bits per heavy atom. The van der Waals surface area contributed by atoms with Crippen LogP contribution in [-0.4, -0.2) is 113 Å². The summed E-state index contributed by atoms with van der Waals surface area (Å²) in [5.41, 5.74) is 0. The van der Waals surface area contributed by atoms with Crippen LogP contribution in [0.5, 0.6) is 0 Å². The summed E-state index contributed by atoms with van der Waals surface area (Å²) < 4.78 is 65.5. The van der Waals surface area contributed by atoms with Gasteiger partial charge in [0.2, 0.25) is 0 Å². The van der Waals surface area contributed by atoms with Crippen LogP contribution in [-0.2, 0) is 55.6 Å². The van der Waals surface area contributed by atoms with Crippen molar-refractivity contribution in [2.75, 3.05) is 13.2 Å². The fourth-order valence-corrected chi connectivity index (χ4v) is 9.99. The van der Waals surface area contributed by atoms with Crippen LogP contribution in [0.1, 0.15) is 206 Å². The van der Waals surface area contributed by atoms with Crippen molar-refractivity contribution in [3.63, 3.8) is 0 Å². The maximum Gasteiger partial charge on any atom is 0.472 e. The Labute approximate surface area is 398 Å². The van der Waals surface area contributed by atoms with Gasteiger partial charge < -0.3 is 49.3 Å². The van der Waals surface area contributed by atoms with Crippen LogP contribution in [0.25, 0.3) is 0 Å². The lowest BCUT2D eigenvalue weighted by atomic mass is 9.85. The number of carbonyl (C=O) groups is 3. The number of ketones is 1. The zero-order chi connectivity index (χ0) is 50.1. The van der Waals surface area contributed by atoms with E-state index >= 15 is 0 Å². The number of Topliss-reactive ketones (excluding diaryl/α,β-unsaturated/α-hetero) is 1. The molecule has 396 valence electrons. The molecule has 0 aromatic carbocycles. The highest BCUT2D eigenvalue weighted by Crippen LogP contribution is 2.51. The van der Waals surface area contributed by atoms with Crippen molar-refractivity contribution in [3.8, 4) is 0 Å². The van der Waals surface area contributed by atoms with Gasteiger partial charge in [-0.15, -0.1) is 0 Å². The molecule has 8 N–H and O–H groups in total. The number of hydrogen-bond acceptors (Lipinski definition) is 15. The van der Waals surface area contributed by atoms with Gasteiger partial charge in [-0.1, -0.05) is 155 Å². The normalized spacial score (nSPS) is 21.5. The quantitative estimate of drug-likeness (QED) is 0.0162. The molecule has 0 heterocycles. The van der Waals surface area contributed by atoms with Crippen molar-refractivity contribution in [2.24, 2.45) is 0 Å². The van der Waals surface area contributed by atoms with E-state index in [9.17, 15) is 67.9 Å². The molecule has 20 nitrogen and oxygen atoms in total. The van der Waals surface area contributed by atoms with Gasteiger partial charge in [-0.25, -0.2) is 13.7 Å². The summed E-state index contributed by atoms with van der Waals surface area (Å²) in [6.07, 6.45) is 12.3. The van der Waals surface area contributed by atoms with Crippen molar-refractivity contribution in [1.29, 1.82) is 0 Å². The third-order valence-electron chi connectivity index (χ3n) is 11.5. The molecule has 0 aliphatic heterocycles. The molecule has 4 unspecified atom stereocenters. The van der Waals surface area contributed by atoms with Gasteiger partial charge in [-0.05, 0) is 25.7 Å². The van der Waals surface area contributed by atoms with Crippen LogP contribution in [0, 0.1) is 0 Å². The van der Waals surface area contributed by atoms with Gasteiger partial charge >= 0.3 is 35.4 Å². The standard InChI is InChI=1S/C44H85O20P3/c1-3-5-6-7-8-9-10-11-16-19-22-25-28-32-38(47)61-36(33-59-37(46)31-27-24-21-18-15-13-12-14-17-20-23-26-30-35(45)29-4-2)34-60-67(57,58)64-44-40(49)42(62-65(51,52)53)39(48)43(41(44)50)63-66(54,55)56/h36,39-44,48-50H,3-34H2,1-2H3,(H,57,58)(H2,51,52,53)(H2,54,55,56)/t36-,39?,40-,41?,42-,43+,44?/m1/s1. The fourth-order valence-electron chi connectivity index (χ4n) is 7.89. The number of aliphatic hydroxyl groups is 3. The Hall–Kier alpha value is -1.18. The molecule has 1 aliphatic rings. The highest BCUT2D eigenvalue weighted by Gasteiger charge is 2.56. The molecular formula is C44H85O20P3. The number of rotatable bonds is 43. The topological polar surface area (TPSA) is 320 Å². The molecule has 67 heavy (non-hydrogen) atoms. The summed E-state index contributed by atoms with van der Waals surface area (Å²) in [6, 6.07) is 0. The lowest BCUT2D eigenvalue weighted by molar-refractivity contribution is -0.213. The highest BCUT2D eigenvalue weighted by atomic mass is 31.2. The molecule has 8 atom stereocenters. The van der Waals surface area contributed by atoms with E-state index in [-0.39, 0.29) is 12.8 Å². The van der Waals surface area contributed by atoms with Gasteiger partial charge in [0, 0.05) is 25.7 Å². The van der Waals surface area contributed by atoms with Gasteiger partial charge in [0.25, 0.3) is 0 Å². The van der Waals surface area contributed by atoms with Crippen LogP contribution < -0.4 is 0 Å². The number of ether oxygens (including phenoxy) is 2. The fraction of sp³-hybridized carbons (Fsp3) is 0.932. The van der Waals surface area contributed by atoms with Crippen LogP contribution >= 0.6 is 23.5 Å². The lowest BCUT2D eigenvalue weighted by Crippen LogP contribution is -2.65. The molecule has 0 aromatic rings. The molecule has 23 heteroatoms. The molecule has 1 fully saturated rings. The summed E-state index contributed by atoms with van der Waals surface area (Å²) in [4.78, 5) is 84.9. The summed E-state index contributed by atoms with van der Waals surface area (Å²) in [5, 5.41) is 31.9. The second kappa shape index (κ2) is 36.7. The largest absolute Gasteiger partial charge is 0.472 e. The smallest absolute Gasteiger partial charge is 0.462 e. The highest BCUT2D eigenvalue weighted by molar-refractivity contribution is 7.47. The first kappa shape index (κ1) is 63.8. The maximum absolute atomic E-state index is 13.1. The Kier molecular flexibility index (Phi) is 35.0. The maximum atomic E-state index is 13.1. The zero-order valence-corrected chi connectivity index (χ0v) is 42.7. The summed E-state index contributed by atoms with van der Waals surface area (Å²) in [6.45, 7) is 2.70. The van der Waals surface area contributed by atoms with Crippen molar-refractivity contribution in [2.45, 2.75) is 249 Å². The number of phosphoric acid groups is 3. The van der Waals surface area contributed by atoms with Crippen molar-refractivity contribution in [3.05, 3.63) is 0 Å². The van der Waals surface area contributed by atoms with Crippen LogP contribution in [0.2, 0.25) is 0 Å². The first-order valence-electron chi connectivity index (χ1n) is 24.7. The van der Waals surface area contributed by atoms with E-state index in [4.69, 9.17) is 18.5 Å². The molecule has 1 rings (SSSR count). The van der Waals surface area contributed by atoms with Crippen LogP contribution in [0.15, 0.2) is 0 Å². The van der Waals surface area contributed by atoms with Crippen LogP contribution in [0.3, 0.4) is 0 Å². The first-order chi connectivity index (χ1) is 31.7. The molecule has 0 aromatic heterocycles.